The molecule has 2 aliphatic rings. The molecular weight excluding hydrogens is 465 g/mol. The number of halogens is 1. The molecule has 5 nitrogen and oxygen atoms in total. The molecule has 4 rings (SSSR count). The average Bonchev–Trinajstić information content (AvgIpc) is 3.23. The van der Waals surface area contributed by atoms with E-state index in [1.807, 2.05) is 25.1 Å². The third-order valence-electron chi connectivity index (χ3n) is 5.66. The molecule has 2 aliphatic carbocycles. The second-order valence-corrected chi connectivity index (χ2v) is 7.13. The highest BCUT2D eigenvalue weighted by molar-refractivity contribution is 14.0. The Balaban J connectivity index is 0.00000225. The van der Waals surface area contributed by atoms with Gasteiger partial charge >= 0.3 is 0 Å². The second-order valence-electron chi connectivity index (χ2n) is 7.13. The van der Waals surface area contributed by atoms with E-state index in [1.165, 1.54) is 12.0 Å². The molecule has 0 saturated heterocycles. The number of fused-ring (bicyclic) bond motifs is 3. The second kappa shape index (κ2) is 9.03. The minimum absolute atomic E-state index is 0. The summed E-state index contributed by atoms with van der Waals surface area (Å²) in [5, 5.41) is 6.84. The lowest BCUT2D eigenvalue weighted by Gasteiger charge is -2.15. The van der Waals surface area contributed by atoms with Crippen LogP contribution < -0.4 is 20.1 Å². The van der Waals surface area contributed by atoms with Crippen LogP contribution in [0.5, 0.6) is 11.5 Å². The predicted molar refractivity (Wildman–Crippen MR) is 124 cm³/mol. The van der Waals surface area contributed by atoms with Gasteiger partial charge in [0.1, 0.15) is 0 Å². The van der Waals surface area contributed by atoms with Gasteiger partial charge in [0.05, 0.1) is 13.7 Å². The van der Waals surface area contributed by atoms with E-state index in [-0.39, 0.29) is 24.0 Å². The Hall–Kier alpha value is -1.96. The van der Waals surface area contributed by atoms with Crippen molar-refractivity contribution in [2.75, 3.05) is 32.6 Å². The van der Waals surface area contributed by atoms with Crippen LogP contribution in [0.15, 0.2) is 47.5 Å². The molecule has 3 unspecified atom stereocenters. The third kappa shape index (κ3) is 4.06. The summed E-state index contributed by atoms with van der Waals surface area (Å²) in [7, 11) is 3.45. The number of nitrogens with zero attached hydrogens (tertiary/aromatic N) is 1. The van der Waals surface area contributed by atoms with Crippen molar-refractivity contribution in [2.24, 2.45) is 16.8 Å². The molecule has 0 amide bonds. The maximum atomic E-state index is 5.65. The molecule has 2 N–H and O–H groups in total. The highest BCUT2D eigenvalue weighted by Crippen LogP contribution is 2.60. The summed E-state index contributed by atoms with van der Waals surface area (Å²) in [6, 6.07) is 14.7. The molecule has 6 heteroatoms. The first-order valence-electron chi connectivity index (χ1n) is 9.61. The summed E-state index contributed by atoms with van der Waals surface area (Å²) in [6.07, 6.45) is 1.22. The molecule has 2 aromatic rings. The number of nitrogens with one attached hydrogen (secondary N) is 2. The number of benzene rings is 2. The van der Waals surface area contributed by atoms with Crippen LogP contribution in [0.3, 0.4) is 0 Å². The van der Waals surface area contributed by atoms with Crippen molar-refractivity contribution in [2.45, 2.75) is 19.3 Å². The summed E-state index contributed by atoms with van der Waals surface area (Å²) < 4.78 is 11.0. The van der Waals surface area contributed by atoms with Crippen LogP contribution in [0.4, 0.5) is 5.69 Å². The van der Waals surface area contributed by atoms with E-state index in [2.05, 4.69) is 39.9 Å². The van der Waals surface area contributed by atoms with Gasteiger partial charge < -0.3 is 20.1 Å². The molecule has 3 atom stereocenters. The molecular formula is C22H28IN3O2. The van der Waals surface area contributed by atoms with Gasteiger partial charge in [0.25, 0.3) is 0 Å². The third-order valence-corrected chi connectivity index (χ3v) is 5.66. The number of hydrogen-bond donors (Lipinski definition) is 2. The fourth-order valence-corrected chi connectivity index (χ4v) is 4.32. The minimum atomic E-state index is 0. The van der Waals surface area contributed by atoms with E-state index in [1.54, 1.807) is 19.7 Å². The molecule has 0 heterocycles. The number of rotatable bonds is 6. The van der Waals surface area contributed by atoms with Crippen LogP contribution in [0.1, 0.15) is 24.0 Å². The first-order chi connectivity index (χ1) is 13.2. The van der Waals surface area contributed by atoms with Gasteiger partial charge in [-0.2, -0.15) is 0 Å². The normalized spacial score (nSPS) is 21.8. The lowest BCUT2D eigenvalue weighted by molar-refractivity contribution is 0.311. The topological polar surface area (TPSA) is 54.9 Å². The summed E-state index contributed by atoms with van der Waals surface area (Å²) in [5.74, 6) is 4.45. The fourth-order valence-electron chi connectivity index (χ4n) is 4.32. The van der Waals surface area contributed by atoms with Crippen molar-refractivity contribution in [1.82, 2.24) is 5.32 Å². The fraction of sp³-hybridized carbons (Fsp3) is 0.409. The van der Waals surface area contributed by atoms with E-state index in [9.17, 15) is 0 Å². The summed E-state index contributed by atoms with van der Waals surface area (Å²) in [4.78, 5) is 4.36. The van der Waals surface area contributed by atoms with Gasteiger partial charge in [-0.15, -0.1) is 24.0 Å². The van der Waals surface area contributed by atoms with Gasteiger partial charge in [-0.25, -0.2) is 0 Å². The lowest BCUT2D eigenvalue weighted by atomic mass is 10.0. The van der Waals surface area contributed by atoms with Gasteiger partial charge in [-0.05, 0) is 54.4 Å². The monoisotopic (exact) mass is 493 g/mol. The van der Waals surface area contributed by atoms with Gasteiger partial charge in [-0.3, -0.25) is 4.99 Å². The van der Waals surface area contributed by atoms with Crippen LogP contribution >= 0.6 is 24.0 Å². The molecule has 0 aliphatic heterocycles. The standard InChI is InChI=1S/C22H27N3O2.HI/c1-4-27-20-12-15(9-10-19(20)26-3)25-22(23-2)24-13-18-17-11-14-7-5-6-8-16(14)21(17)18;/h5-10,12,17-18,21H,4,11,13H2,1-3H3,(H2,23,24,25);1H. The molecule has 0 aromatic heterocycles. The molecule has 0 bridgehead atoms. The Bertz CT molecular complexity index is 855. The molecule has 1 fully saturated rings. The van der Waals surface area contributed by atoms with Crippen molar-refractivity contribution in [3.63, 3.8) is 0 Å². The predicted octanol–water partition coefficient (Wildman–Crippen LogP) is 4.29. The molecule has 0 spiro atoms. The number of methoxy groups -OCH3 is 1. The van der Waals surface area contributed by atoms with E-state index in [0.717, 1.165) is 41.5 Å². The zero-order valence-electron chi connectivity index (χ0n) is 16.6. The minimum Gasteiger partial charge on any atom is -0.493 e. The lowest BCUT2D eigenvalue weighted by Crippen LogP contribution is -2.33. The van der Waals surface area contributed by atoms with Crippen molar-refractivity contribution in [3.8, 4) is 11.5 Å². The zero-order valence-corrected chi connectivity index (χ0v) is 18.9. The van der Waals surface area contributed by atoms with E-state index in [0.29, 0.717) is 12.5 Å². The number of ether oxygens (including phenoxy) is 2. The van der Waals surface area contributed by atoms with Gasteiger partial charge in [0.2, 0.25) is 0 Å². The van der Waals surface area contributed by atoms with Crippen molar-refractivity contribution in [1.29, 1.82) is 0 Å². The number of hydrogen-bond acceptors (Lipinski definition) is 3. The maximum absolute atomic E-state index is 5.65. The summed E-state index contributed by atoms with van der Waals surface area (Å²) in [6.45, 7) is 3.50. The van der Waals surface area contributed by atoms with Crippen molar-refractivity contribution >= 4 is 35.6 Å². The van der Waals surface area contributed by atoms with Crippen LogP contribution in [0.2, 0.25) is 0 Å². The van der Waals surface area contributed by atoms with E-state index < -0.39 is 0 Å². The van der Waals surface area contributed by atoms with E-state index >= 15 is 0 Å². The van der Waals surface area contributed by atoms with Crippen LogP contribution in [0.25, 0.3) is 0 Å². The Morgan fingerprint density at radius 1 is 1.18 bits per heavy atom. The van der Waals surface area contributed by atoms with Crippen LogP contribution in [0, 0.1) is 11.8 Å². The molecule has 1 saturated carbocycles. The zero-order chi connectivity index (χ0) is 18.8. The van der Waals surface area contributed by atoms with E-state index in [4.69, 9.17) is 9.47 Å². The molecule has 2 aromatic carbocycles. The van der Waals surface area contributed by atoms with Crippen LogP contribution in [-0.4, -0.2) is 33.3 Å². The SMILES string of the molecule is CCOc1cc(NC(=NC)NCC2C3Cc4ccccc4C23)ccc1OC.I. The van der Waals surface area contributed by atoms with Crippen LogP contribution in [-0.2, 0) is 6.42 Å². The Kier molecular flexibility index (Phi) is 6.69. The maximum Gasteiger partial charge on any atom is 0.195 e. The van der Waals surface area contributed by atoms with Gasteiger partial charge in [-0.1, -0.05) is 24.3 Å². The number of aliphatic imine (C=N–C) groups is 1. The Morgan fingerprint density at radius 3 is 2.75 bits per heavy atom. The quantitative estimate of drug-likeness (QED) is 0.358. The Morgan fingerprint density at radius 2 is 2.00 bits per heavy atom. The number of anilines is 1. The summed E-state index contributed by atoms with van der Waals surface area (Å²) in [5.41, 5.74) is 4.01. The molecule has 0 radical (unpaired) electrons. The first-order valence-corrected chi connectivity index (χ1v) is 9.61. The van der Waals surface area contributed by atoms with Gasteiger partial charge in [0.15, 0.2) is 17.5 Å². The molecule has 28 heavy (non-hydrogen) atoms. The highest BCUT2D eigenvalue weighted by Gasteiger charge is 2.54. The van der Waals surface area contributed by atoms with Crippen molar-refractivity contribution in [3.05, 3.63) is 53.6 Å². The average molecular weight is 493 g/mol. The summed E-state index contributed by atoms with van der Waals surface area (Å²) >= 11 is 0. The highest BCUT2D eigenvalue weighted by atomic mass is 127. The Labute approximate surface area is 183 Å². The smallest absolute Gasteiger partial charge is 0.195 e. The number of guanidine groups is 1. The molecule has 150 valence electrons. The largest absolute Gasteiger partial charge is 0.493 e. The van der Waals surface area contributed by atoms with Gasteiger partial charge in [0, 0.05) is 25.3 Å². The first kappa shape index (κ1) is 20.8. The van der Waals surface area contributed by atoms with Crippen molar-refractivity contribution < 1.29 is 9.47 Å².